The lowest BCUT2D eigenvalue weighted by Gasteiger charge is -2.18. The number of rotatable bonds is 5. The number of halogens is 1. The lowest BCUT2D eigenvalue weighted by molar-refractivity contribution is -0.117. The molecule has 1 saturated heterocycles. The highest BCUT2D eigenvalue weighted by molar-refractivity contribution is 6.31. The van der Waals surface area contributed by atoms with Gasteiger partial charge in [-0.3, -0.25) is 4.79 Å². The van der Waals surface area contributed by atoms with E-state index >= 15 is 0 Å². The summed E-state index contributed by atoms with van der Waals surface area (Å²) in [5.41, 5.74) is 2.34. The minimum absolute atomic E-state index is 0.0251. The summed E-state index contributed by atoms with van der Waals surface area (Å²) in [6.07, 6.45) is 0.259. The van der Waals surface area contributed by atoms with Crippen LogP contribution in [0.1, 0.15) is 18.9 Å². The van der Waals surface area contributed by atoms with Crippen molar-refractivity contribution < 1.29 is 14.3 Å². The molecule has 2 aromatic carbocycles. The maximum atomic E-state index is 12.3. The summed E-state index contributed by atoms with van der Waals surface area (Å²) >= 11 is 6.07. The first kappa shape index (κ1) is 19.0. The molecule has 1 fully saturated rings. The van der Waals surface area contributed by atoms with E-state index in [1.165, 1.54) is 0 Å². The third-order valence-corrected chi connectivity index (χ3v) is 4.76. The van der Waals surface area contributed by atoms with E-state index in [1.54, 1.807) is 17.0 Å². The SMILES string of the molecule is CCOc1ccc(N2C[C@H](NC(=O)Nc3ccc(C)c(Cl)c3)CC2=O)cc1. The maximum absolute atomic E-state index is 12.3. The molecule has 0 radical (unpaired) electrons. The maximum Gasteiger partial charge on any atom is 0.319 e. The number of benzene rings is 2. The molecule has 3 amide bonds. The minimum atomic E-state index is -0.360. The van der Waals surface area contributed by atoms with Gasteiger partial charge in [0.1, 0.15) is 5.75 Å². The lowest BCUT2D eigenvalue weighted by Crippen LogP contribution is -2.39. The van der Waals surface area contributed by atoms with Crippen LogP contribution in [0.15, 0.2) is 42.5 Å². The number of carbonyl (C=O) groups is 2. The summed E-state index contributed by atoms with van der Waals surface area (Å²) < 4.78 is 5.42. The Morgan fingerprint density at radius 3 is 2.67 bits per heavy atom. The van der Waals surface area contributed by atoms with Gasteiger partial charge in [0.05, 0.1) is 12.6 Å². The van der Waals surface area contributed by atoms with Crippen LogP contribution in [0.25, 0.3) is 0 Å². The van der Waals surface area contributed by atoms with E-state index in [4.69, 9.17) is 16.3 Å². The van der Waals surface area contributed by atoms with Crippen LogP contribution < -0.4 is 20.3 Å². The van der Waals surface area contributed by atoms with Gasteiger partial charge in [0.25, 0.3) is 0 Å². The van der Waals surface area contributed by atoms with Gasteiger partial charge < -0.3 is 20.3 Å². The van der Waals surface area contributed by atoms with E-state index in [9.17, 15) is 9.59 Å². The number of ether oxygens (including phenoxy) is 1. The quantitative estimate of drug-likeness (QED) is 0.815. The summed E-state index contributed by atoms with van der Waals surface area (Å²) in [5.74, 6) is 0.738. The van der Waals surface area contributed by atoms with Gasteiger partial charge in [0, 0.05) is 29.4 Å². The molecule has 0 unspecified atom stereocenters. The Hall–Kier alpha value is -2.73. The van der Waals surface area contributed by atoms with Crippen molar-refractivity contribution in [3.63, 3.8) is 0 Å². The smallest absolute Gasteiger partial charge is 0.319 e. The molecule has 0 spiro atoms. The van der Waals surface area contributed by atoms with Gasteiger partial charge in [-0.15, -0.1) is 0 Å². The molecule has 2 N–H and O–H groups in total. The van der Waals surface area contributed by atoms with Crippen molar-refractivity contribution in [1.82, 2.24) is 5.32 Å². The molecular weight excluding hydrogens is 366 g/mol. The fourth-order valence-corrected chi connectivity index (χ4v) is 3.15. The van der Waals surface area contributed by atoms with E-state index in [2.05, 4.69) is 10.6 Å². The molecule has 0 aromatic heterocycles. The molecule has 142 valence electrons. The van der Waals surface area contributed by atoms with Crippen LogP contribution >= 0.6 is 11.6 Å². The molecule has 3 rings (SSSR count). The van der Waals surface area contributed by atoms with Crippen molar-refractivity contribution in [2.75, 3.05) is 23.4 Å². The Bertz CT molecular complexity index is 839. The van der Waals surface area contributed by atoms with Crippen molar-refractivity contribution in [2.45, 2.75) is 26.3 Å². The average molecular weight is 388 g/mol. The average Bonchev–Trinajstić information content (AvgIpc) is 2.99. The number of anilines is 2. The van der Waals surface area contributed by atoms with E-state index in [-0.39, 0.29) is 24.4 Å². The minimum Gasteiger partial charge on any atom is -0.494 e. The number of amides is 3. The molecule has 0 aliphatic carbocycles. The monoisotopic (exact) mass is 387 g/mol. The van der Waals surface area contributed by atoms with Crippen LogP contribution in [0.3, 0.4) is 0 Å². The highest BCUT2D eigenvalue weighted by atomic mass is 35.5. The topological polar surface area (TPSA) is 70.7 Å². The molecule has 0 saturated carbocycles. The van der Waals surface area contributed by atoms with Crippen LogP contribution in [0.5, 0.6) is 5.75 Å². The zero-order valence-corrected chi connectivity index (χ0v) is 16.0. The standard InChI is InChI=1S/C20H22ClN3O3/c1-3-27-17-8-6-16(7-9-17)24-12-15(11-19(24)25)23-20(26)22-14-5-4-13(2)18(21)10-14/h4-10,15H,3,11-12H2,1-2H3,(H2,22,23,26)/t15-/m1/s1. The van der Waals surface area contributed by atoms with Gasteiger partial charge in [-0.1, -0.05) is 17.7 Å². The Morgan fingerprint density at radius 1 is 1.26 bits per heavy atom. The van der Waals surface area contributed by atoms with Crippen LogP contribution in [0, 0.1) is 6.92 Å². The van der Waals surface area contributed by atoms with E-state index < -0.39 is 0 Å². The number of urea groups is 1. The number of carbonyl (C=O) groups excluding carboxylic acids is 2. The molecule has 6 nitrogen and oxygen atoms in total. The number of hydrogen-bond acceptors (Lipinski definition) is 3. The van der Waals surface area contributed by atoms with Crippen molar-refractivity contribution >= 4 is 34.9 Å². The highest BCUT2D eigenvalue weighted by Crippen LogP contribution is 2.24. The molecule has 7 heteroatoms. The molecule has 1 aliphatic rings. The third kappa shape index (κ3) is 4.71. The Labute approximate surface area is 163 Å². The van der Waals surface area contributed by atoms with Crippen molar-refractivity contribution in [3.05, 3.63) is 53.1 Å². The van der Waals surface area contributed by atoms with Gasteiger partial charge in [-0.25, -0.2) is 4.79 Å². The van der Waals surface area contributed by atoms with Gasteiger partial charge in [-0.2, -0.15) is 0 Å². The van der Waals surface area contributed by atoms with Crippen molar-refractivity contribution in [1.29, 1.82) is 0 Å². The first-order chi connectivity index (χ1) is 13.0. The second-order valence-corrected chi connectivity index (χ2v) is 6.80. The molecule has 1 heterocycles. The van der Waals surface area contributed by atoms with Crippen molar-refractivity contribution in [3.8, 4) is 5.75 Å². The Morgan fingerprint density at radius 2 is 2.00 bits per heavy atom. The van der Waals surface area contributed by atoms with Gasteiger partial charge >= 0.3 is 6.03 Å². The molecule has 27 heavy (non-hydrogen) atoms. The number of aryl methyl sites for hydroxylation is 1. The highest BCUT2D eigenvalue weighted by Gasteiger charge is 2.31. The van der Waals surface area contributed by atoms with Gasteiger partial charge in [0.15, 0.2) is 0 Å². The molecule has 2 aromatic rings. The molecule has 1 aliphatic heterocycles. The molecule has 0 bridgehead atoms. The van der Waals surface area contributed by atoms with Crippen LogP contribution in [0.2, 0.25) is 5.02 Å². The third-order valence-electron chi connectivity index (χ3n) is 4.35. The number of nitrogens with one attached hydrogen (secondary N) is 2. The molecule has 1 atom stereocenters. The summed E-state index contributed by atoms with van der Waals surface area (Å²) in [7, 11) is 0. The zero-order valence-electron chi connectivity index (χ0n) is 15.3. The van der Waals surface area contributed by atoms with Crippen LogP contribution in [0.4, 0.5) is 16.2 Å². The first-order valence-electron chi connectivity index (χ1n) is 8.83. The Balaban J connectivity index is 1.58. The number of hydrogen-bond donors (Lipinski definition) is 2. The van der Waals surface area contributed by atoms with E-state index in [1.807, 2.05) is 44.2 Å². The lowest BCUT2D eigenvalue weighted by atomic mass is 10.2. The largest absolute Gasteiger partial charge is 0.494 e. The summed E-state index contributed by atoms with van der Waals surface area (Å²) in [4.78, 5) is 26.2. The fraction of sp³-hybridized carbons (Fsp3) is 0.300. The van der Waals surface area contributed by atoms with E-state index in [0.717, 1.165) is 17.0 Å². The normalized spacial score (nSPS) is 16.3. The van der Waals surface area contributed by atoms with Crippen molar-refractivity contribution in [2.24, 2.45) is 0 Å². The second kappa shape index (κ2) is 8.31. The van der Waals surface area contributed by atoms with Crippen LogP contribution in [-0.2, 0) is 4.79 Å². The van der Waals surface area contributed by atoms with Gasteiger partial charge in [0.2, 0.25) is 5.91 Å². The van der Waals surface area contributed by atoms with Gasteiger partial charge in [-0.05, 0) is 55.8 Å². The zero-order chi connectivity index (χ0) is 19.4. The first-order valence-corrected chi connectivity index (χ1v) is 9.21. The predicted octanol–water partition coefficient (Wildman–Crippen LogP) is 3.97. The van der Waals surface area contributed by atoms with Crippen LogP contribution in [-0.4, -0.2) is 31.1 Å². The Kier molecular flexibility index (Phi) is 5.86. The number of nitrogens with zero attached hydrogens (tertiary/aromatic N) is 1. The second-order valence-electron chi connectivity index (χ2n) is 6.39. The summed E-state index contributed by atoms with van der Waals surface area (Å²) in [6.45, 7) is 4.83. The summed E-state index contributed by atoms with van der Waals surface area (Å²) in [6, 6.07) is 12.1. The predicted molar refractivity (Wildman–Crippen MR) is 107 cm³/mol. The fourth-order valence-electron chi connectivity index (χ4n) is 2.97. The van der Waals surface area contributed by atoms with E-state index in [0.29, 0.717) is 23.9 Å². The summed E-state index contributed by atoms with van der Waals surface area (Å²) in [5, 5.41) is 6.18. The molecular formula is C20H22ClN3O3.